The smallest absolute Gasteiger partial charge is 0.315 e. The standard InChI is InChI=1S/C18H22N4O2/c1-21-12-10-16(20-21)19-17(23)18(24)22-11-6-5-9-15(22)13-14-7-3-2-4-8-14/h2-4,7-8,10,12,15H,5-6,9,11,13H2,1H3,(H,19,20,23)/t15-/m1/s1. The molecule has 1 aromatic heterocycles. The Balaban J connectivity index is 1.67. The first-order valence-electron chi connectivity index (χ1n) is 8.29. The number of rotatable bonds is 3. The number of anilines is 1. The number of aromatic nitrogens is 2. The van der Waals surface area contributed by atoms with Gasteiger partial charge in [-0.05, 0) is 31.2 Å². The van der Waals surface area contributed by atoms with Crippen LogP contribution in [0.1, 0.15) is 24.8 Å². The first kappa shape index (κ1) is 16.2. The molecule has 1 fully saturated rings. The third-order valence-electron chi connectivity index (χ3n) is 4.35. The molecule has 0 spiro atoms. The van der Waals surface area contributed by atoms with Crippen molar-refractivity contribution in [1.29, 1.82) is 0 Å². The zero-order valence-corrected chi connectivity index (χ0v) is 13.8. The van der Waals surface area contributed by atoms with Crippen LogP contribution in [-0.4, -0.2) is 39.1 Å². The van der Waals surface area contributed by atoms with Crippen molar-refractivity contribution in [3.05, 3.63) is 48.2 Å². The lowest BCUT2D eigenvalue weighted by Crippen LogP contribution is -2.49. The highest BCUT2D eigenvalue weighted by Gasteiger charge is 2.31. The number of benzene rings is 1. The SMILES string of the molecule is Cn1ccc(NC(=O)C(=O)N2CCCC[C@@H]2Cc2ccccc2)n1. The van der Waals surface area contributed by atoms with E-state index >= 15 is 0 Å². The van der Waals surface area contributed by atoms with Gasteiger partial charge in [-0.15, -0.1) is 0 Å². The maximum absolute atomic E-state index is 12.6. The number of piperidine rings is 1. The molecule has 1 aliphatic rings. The molecule has 6 nitrogen and oxygen atoms in total. The fourth-order valence-electron chi connectivity index (χ4n) is 3.15. The highest BCUT2D eigenvalue weighted by atomic mass is 16.2. The van der Waals surface area contributed by atoms with Crippen LogP contribution in [0, 0.1) is 0 Å². The van der Waals surface area contributed by atoms with Crippen molar-refractivity contribution in [2.75, 3.05) is 11.9 Å². The topological polar surface area (TPSA) is 67.2 Å². The van der Waals surface area contributed by atoms with Crippen molar-refractivity contribution in [2.24, 2.45) is 7.05 Å². The fourth-order valence-corrected chi connectivity index (χ4v) is 3.15. The quantitative estimate of drug-likeness (QED) is 0.877. The van der Waals surface area contributed by atoms with E-state index in [0.29, 0.717) is 12.4 Å². The zero-order chi connectivity index (χ0) is 16.9. The third-order valence-corrected chi connectivity index (χ3v) is 4.35. The second-order valence-corrected chi connectivity index (χ2v) is 6.17. The minimum absolute atomic E-state index is 0.0723. The second kappa shape index (κ2) is 7.29. The average molecular weight is 326 g/mol. The number of aryl methyl sites for hydroxylation is 1. The molecule has 1 N–H and O–H groups in total. The van der Waals surface area contributed by atoms with Crippen molar-refractivity contribution in [1.82, 2.24) is 14.7 Å². The van der Waals surface area contributed by atoms with Gasteiger partial charge in [-0.25, -0.2) is 0 Å². The highest BCUT2D eigenvalue weighted by molar-refractivity contribution is 6.39. The van der Waals surface area contributed by atoms with Crippen LogP contribution < -0.4 is 5.32 Å². The summed E-state index contributed by atoms with van der Waals surface area (Å²) in [6.07, 6.45) is 5.46. The van der Waals surface area contributed by atoms with Gasteiger partial charge in [0.2, 0.25) is 0 Å². The van der Waals surface area contributed by atoms with E-state index in [1.54, 1.807) is 28.9 Å². The van der Waals surface area contributed by atoms with Gasteiger partial charge in [0.05, 0.1) is 0 Å². The molecule has 0 unspecified atom stereocenters. The molecule has 2 amide bonds. The van der Waals surface area contributed by atoms with Gasteiger partial charge in [0.25, 0.3) is 0 Å². The molecule has 0 aliphatic carbocycles. The summed E-state index contributed by atoms with van der Waals surface area (Å²) in [6, 6.07) is 11.8. The summed E-state index contributed by atoms with van der Waals surface area (Å²) in [5.41, 5.74) is 1.19. The molecule has 126 valence electrons. The van der Waals surface area contributed by atoms with Crippen LogP contribution in [0.2, 0.25) is 0 Å². The molecule has 2 heterocycles. The minimum Gasteiger partial charge on any atom is -0.331 e. The number of hydrogen-bond donors (Lipinski definition) is 1. The summed E-state index contributed by atoms with van der Waals surface area (Å²) in [5, 5.41) is 6.66. The van der Waals surface area contributed by atoms with Gasteiger partial charge in [-0.3, -0.25) is 14.3 Å². The van der Waals surface area contributed by atoms with Crippen molar-refractivity contribution < 1.29 is 9.59 Å². The molecular formula is C18H22N4O2. The summed E-state index contributed by atoms with van der Waals surface area (Å²) in [6.45, 7) is 0.631. The van der Waals surface area contributed by atoms with Gasteiger partial charge < -0.3 is 10.2 Å². The van der Waals surface area contributed by atoms with E-state index in [9.17, 15) is 9.59 Å². The van der Waals surface area contributed by atoms with Crippen LogP contribution in [0.4, 0.5) is 5.82 Å². The predicted octanol–water partition coefficient (Wildman–Crippen LogP) is 1.98. The van der Waals surface area contributed by atoms with Gasteiger partial charge in [-0.2, -0.15) is 5.10 Å². The molecule has 0 radical (unpaired) electrons. The molecule has 1 aromatic carbocycles. The number of amides is 2. The number of carbonyl (C=O) groups is 2. The molecule has 0 saturated carbocycles. The van der Waals surface area contributed by atoms with E-state index in [0.717, 1.165) is 25.7 Å². The summed E-state index contributed by atoms with van der Waals surface area (Å²) in [4.78, 5) is 26.6. The van der Waals surface area contributed by atoms with Crippen LogP contribution in [0.15, 0.2) is 42.6 Å². The molecular weight excluding hydrogens is 304 g/mol. The molecule has 1 saturated heterocycles. The monoisotopic (exact) mass is 326 g/mol. The van der Waals surface area contributed by atoms with E-state index in [4.69, 9.17) is 0 Å². The molecule has 6 heteroatoms. The van der Waals surface area contributed by atoms with E-state index < -0.39 is 11.8 Å². The first-order valence-corrected chi connectivity index (χ1v) is 8.29. The Hall–Kier alpha value is -2.63. The Kier molecular flexibility index (Phi) is 4.93. The lowest BCUT2D eigenvalue weighted by molar-refractivity contribution is -0.145. The van der Waals surface area contributed by atoms with Crippen molar-refractivity contribution in [3.63, 3.8) is 0 Å². The first-order chi connectivity index (χ1) is 11.6. The number of likely N-dealkylation sites (tertiary alicyclic amines) is 1. The van der Waals surface area contributed by atoms with Crippen molar-refractivity contribution in [3.8, 4) is 0 Å². The van der Waals surface area contributed by atoms with Gasteiger partial charge in [0, 0.05) is 31.9 Å². The van der Waals surface area contributed by atoms with Crippen LogP contribution in [0.3, 0.4) is 0 Å². The summed E-state index contributed by atoms with van der Waals surface area (Å²) in [7, 11) is 1.76. The largest absolute Gasteiger partial charge is 0.331 e. The van der Waals surface area contributed by atoms with Crippen LogP contribution in [0.5, 0.6) is 0 Å². The van der Waals surface area contributed by atoms with Crippen LogP contribution in [0.25, 0.3) is 0 Å². The predicted molar refractivity (Wildman–Crippen MR) is 91.3 cm³/mol. The van der Waals surface area contributed by atoms with Gasteiger partial charge in [-0.1, -0.05) is 30.3 Å². The van der Waals surface area contributed by atoms with E-state index in [1.165, 1.54) is 5.56 Å². The number of nitrogens with zero attached hydrogens (tertiary/aromatic N) is 3. The molecule has 1 atom stereocenters. The summed E-state index contributed by atoms with van der Waals surface area (Å²) in [5.74, 6) is -0.692. The summed E-state index contributed by atoms with van der Waals surface area (Å²) < 4.78 is 1.58. The Morgan fingerprint density at radius 1 is 1.21 bits per heavy atom. The number of hydrogen-bond acceptors (Lipinski definition) is 3. The third kappa shape index (κ3) is 3.82. The van der Waals surface area contributed by atoms with Crippen LogP contribution in [-0.2, 0) is 23.1 Å². The minimum atomic E-state index is -0.617. The molecule has 1 aliphatic heterocycles. The lowest BCUT2D eigenvalue weighted by Gasteiger charge is -2.35. The maximum Gasteiger partial charge on any atom is 0.315 e. The Bertz CT molecular complexity index is 711. The lowest BCUT2D eigenvalue weighted by atomic mass is 9.95. The number of nitrogens with one attached hydrogen (secondary N) is 1. The van der Waals surface area contributed by atoms with E-state index in [-0.39, 0.29) is 6.04 Å². The molecule has 0 bridgehead atoms. The normalized spacial score (nSPS) is 17.5. The number of carbonyl (C=O) groups excluding carboxylic acids is 2. The maximum atomic E-state index is 12.6. The summed E-state index contributed by atoms with van der Waals surface area (Å²) >= 11 is 0. The average Bonchev–Trinajstić information content (AvgIpc) is 3.00. The molecule has 24 heavy (non-hydrogen) atoms. The zero-order valence-electron chi connectivity index (χ0n) is 13.8. The van der Waals surface area contributed by atoms with Gasteiger partial charge in [0.1, 0.15) is 0 Å². The Morgan fingerprint density at radius 3 is 2.71 bits per heavy atom. The molecule has 2 aromatic rings. The van der Waals surface area contributed by atoms with Crippen molar-refractivity contribution >= 4 is 17.6 Å². The highest BCUT2D eigenvalue weighted by Crippen LogP contribution is 2.21. The van der Waals surface area contributed by atoms with Crippen LogP contribution >= 0.6 is 0 Å². The fraction of sp³-hybridized carbons (Fsp3) is 0.389. The van der Waals surface area contributed by atoms with Gasteiger partial charge >= 0.3 is 11.8 Å². The Labute approximate surface area is 141 Å². The molecule has 3 rings (SSSR count). The second-order valence-electron chi connectivity index (χ2n) is 6.17. The van der Waals surface area contributed by atoms with Gasteiger partial charge in [0.15, 0.2) is 5.82 Å². The van der Waals surface area contributed by atoms with Crippen molar-refractivity contribution in [2.45, 2.75) is 31.7 Å². The van der Waals surface area contributed by atoms with E-state index in [1.807, 2.05) is 18.2 Å². The Morgan fingerprint density at radius 2 is 2.00 bits per heavy atom. The van der Waals surface area contributed by atoms with E-state index in [2.05, 4.69) is 22.5 Å².